The molecule has 3 heterocycles. The van der Waals surface area contributed by atoms with Gasteiger partial charge in [-0.1, -0.05) is 0 Å². The normalized spacial score (nSPS) is 18.0. The highest BCUT2D eigenvalue weighted by molar-refractivity contribution is 5.73. The molecule has 2 aromatic heterocycles. The van der Waals surface area contributed by atoms with Crippen molar-refractivity contribution in [3.05, 3.63) is 16.7 Å². The van der Waals surface area contributed by atoms with E-state index in [1.165, 1.54) is 6.33 Å². The van der Waals surface area contributed by atoms with Gasteiger partial charge < -0.3 is 25.0 Å². The molecule has 120 valence electrons. The fourth-order valence-electron chi connectivity index (χ4n) is 2.62. The Kier molecular flexibility index (Phi) is 4.10. The summed E-state index contributed by atoms with van der Waals surface area (Å²) >= 11 is 0. The van der Waals surface area contributed by atoms with Crippen molar-refractivity contribution >= 4 is 17.1 Å². The number of likely N-dealkylation sites (N-methyl/N-ethyl adjacent to an activating group) is 1. The Labute approximate surface area is 126 Å². The minimum atomic E-state index is -0.926. The maximum absolute atomic E-state index is 11.9. The van der Waals surface area contributed by atoms with Gasteiger partial charge in [-0.2, -0.15) is 0 Å². The van der Waals surface area contributed by atoms with Gasteiger partial charge in [0.15, 0.2) is 11.2 Å². The first-order valence-electron chi connectivity index (χ1n) is 7.26. The molecule has 1 atom stereocenters. The Bertz CT molecular complexity index is 703. The van der Waals surface area contributed by atoms with Crippen molar-refractivity contribution in [2.45, 2.75) is 12.6 Å². The number of piperazine rings is 1. The van der Waals surface area contributed by atoms with E-state index in [0.29, 0.717) is 11.6 Å². The summed E-state index contributed by atoms with van der Waals surface area (Å²) in [5.41, 5.74) is 0.365. The van der Waals surface area contributed by atoms with Gasteiger partial charge in [-0.05, 0) is 7.05 Å². The van der Waals surface area contributed by atoms with E-state index >= 15 is 0 Å². The molecule has 0 bridgehead atoms. The van der Waals surface area contributed by atoms with Crippen LogP contribution in [0.2, 0.25) is 0 Å². The number of rotatable bonds is 4. The quantitative estimate of drug-likeness (QED) is 0.613. The predicted octanol–water partition coefficient (Wildman–Crippen LogP) is -1.78. The molecule has 0 saturated carbocycles. The lowest BCUT2D eigenvalue weighted by Crippen LogP contribution is -2.45. The molecular weight excluding hydrogens is 288 g/mol. The summed E-state index contributed by atoms with van der Waals surface area (Å²) in [6, 6.07) is 0. The average molecular weight is 308 g/mol. The largest absolute Gasteiger partial charge is 0.394 e. The number of aromatic amines is 1. The van der Waals surface area contributed by atoms with Gasteiger partial charge in [0.05, 0.1) is 25.6 Å². The number of nitrogens with one attached hydrogen (secondary N) is 1. The zero-order valence-corrected chi connectivity index (χ0v) is 12.4. The van der Waals surface area contributed by atoms with Crippen LogP contribution in [0.25, 0.3) is 11.2 Å². The summed E-state index contributed by atoms with van der Waals surface area (Å²) in [6.07, 6.45) is 0.395. The number of nitrogens with zero attached hydrogens (tertiary/aromatic N) is 5. The van der Waals surface area contributed by atoms with Crippen LogP contribution in [0.1, 0.15) is 0 Å². The first kappa shape index (κ1) is 14.9. The van der Waals surface area contributed by atoms with Crippen LogP contribution in [0.15, 0.2) is 11.1 Å². The van der Waals surface area contributed by atoms with Crippen molar-refractivity contribution in [2.75, 3.05) is 44.7 Å². The second-order valence-electron chi connectivity index (χ2n) is 5.55. The molecule has 2 aromatic rings. The fraction of sp³-hybridized carbons (Fsp3) is 0.615. The predicted molar refractivity (Wildman–Crippen MR) is 81.0 cm³/mol. The van der Waals surface area contributed by atoms with Crippen molar-refractivity contribution in [2.24, 2.45) is 0 Å². The van der Waals surface area contributed by atoms with Crippen LogP contribution in [-0.2, 0) is 6.54 Å². The molecule has 0 aliphatic carbocycles. The number of imidazole rings is 1. The molecule has 3 rings (SSSR count). The van der Waals surface area contributed by atoms with Crippen molar-refractivity contribution in [3.8, 4) is 0 Å². The van der Waals surface area contributed by atoms with E-state index < -0.39 is 6.10 Å². The van der Waals surface area contributed by atoms with Gasteiger partial charge in [0, 0.05) is 26.2 Å². The number of anilines is 1. The monoisotopic (exact) mass is 308 g/mol. The second kappa shape index (κ2) is 6.03. The van der Waals surface area contributed by atoms with Crippen LogP contribution in [0.3, 0.4) is 0 Å². The molecule has 22 heavy (non-hydrogen) atoms. The van der Waals surface area contributed by atoms with Crippen LogP contribution >= 0.6 is 0 Å². The zero-order chi connectivity index (χ0) is 15.7. The van der Waals surface area contributed by atoms with Gasteiger partial charge in [0.2, 0.25) is 5.95 Å². The number of H-pyrrole nitrogens is 1. The highest BCUT2D eigenvalue weighted by atomic mass is 16.3. The maximum Gasteiger partial charge on any atom is 0.278 e. The molecule has 0 spiro atoms. The smallest absolute Gasteiger partial charge is 0.278 e. The summed E-state index contributed by atoms with van der Waals surface area (Å²) in [5.74, 6) is 0.611. The Morgan fingerprint density at radius 2 is 2.09 bits per heavy atom. The molecule has 0 aromatic carbocycles. The Morgan fingerprint density at radius 3 is 2.77 bits per heavy atom. The summed E-state index contributed by atoms with van der Waals surface area (Å²) in [6.45, 7) is 3.15. The third kappa shape index (κ3) is 2.70. The summed E-state index contributed by atoms with van der Waals surface area (Å²) in [5, 5.41) is 18.9. The molecule has 0 radical (unpaired) electrons. The summed E-state index contributed by atoms with van der Waals surface area (Å²) < 4.78 is 1.71. The van der Waals surface area contributed by atoms with Crippen LogP contribution in [0, 0.1) is 0 Å². The molecule has 1 aliphatic heterocycles. The summed E-state index contributed by atoms with van der Waals surface area (Å²) in [7, 11) is 2.06. The number of fused-ring (bicyclic) bond motifs is 1. The van der Waals surface area contributed by atoms with E-state index in [1.807, 2.05) is 0 Å². The number of hydrogen-bond donors (Lipinski definition) is 3. The summed E-state index contributed by atoms with van der Waals surface area (Å²) in [4.78, 5) is 27.3. The minimum absolute atomic E-state index is 0.144. The molecule has 1 saturated heterocycles. The van der Waals surface area contributed by atoms with E-state index in [0.717, 1.165) is 26.2 Å². The van der Waals surface area contributed by atoms with Gasteiger partial charge in [-0.25, -0.2) is 9.97 Å². The van der Waals surface area contributed by atoms with Crippen molar-refractivity contribution in [1.82, 2.24) is 24.4 Å². The molecular formula is C13H20N6O3. The first-order chi connectivity index (χ1) is 10.6. The van der Waals surface area contributed by atoms with Crippen LogP contribution < -0.4 is 10.5 Å². The van der Waals surface area contributed by atoms with Gasteiger partial charge in [0.1, 0.15) is 0 Å². The molecule has 0 amide bonds. The highest BCUT2D eigenvalue weighted by Crippen LogP contribution is 2.20. The number of aromatic nitrogens is 4. The van der Waals surface area contributed by atoms with E-state index in [1.54, 1.807) is 4.57 Å². The third-order valence-electron chi connectivity index (χ3n) is 3.91. The topological polar surface area (TPSA) is 111 Å². The third-order valence-corrected chi connectivity index (χ3v) is 3.91. The lowest BCUT2D eigenvalue weighted by molar-refractivity contribution is 0.0821. The molecule has 9 heteroatoms. The first-order valence-corrected chi connectivity index (χ1v) is 7.26. The van der Waals surface area contributed by atoms with E-state index in [-0.39, 0.29) is 24.2 Å². The number of hydrogen-bond acceptors (Lipinski definition) is 7. The van der Waals surface area contributed by atoms with E-state index in [2.05, 4.69) is 31.8 Å². The van der Waals surface area contributed by atoms with E-state index in [9.17, 15) is 9.90 Å². The van der Waals surface area contributed by atoms with Crippen LogP contribution in [-0.4, -0.2) is 80.6 Å². The minimum Gasteiger partial charge on any atom is -0.394 e. The van der Waals surface area contributed by atoms with Crippen molar-refractivity contribution in [1.29, 1.82) is 0 Å². The van der Waals surface area contributed by atoms with E-state index in [4.69, 9.17) is 5.11 Å². The van der Waals surface area contributed by atoms with Crippen LogP contribution in [0.4, 0.5) is 5.95 Å². The maximum atomic E-state index is 11.9. The van der Waals surface area contributed by atoms with Gasteiger partial charge >= 0.3 is 0 Å². The van der Waals surface area contributed by atoms with Crippen molar-refractivity contribution in [3.63, 3.8) is 0 Å². The van der Waals surface area contributed by atoms with Crippen molar-refractivity contribution < 1.29 is 10.2 Å². The lowest BCUT2D eigenvalue weighted by atomic mass is 10.3. The zero-order valence-electron chi connectivity index (χ0n) is 12.4. The van der Waals surface area contributed by atoms with Crippen LogP contribution in [0.5, 0.6) is 0 Å². The Hall–Kier alpha value is -1.97. The Morgan fingerprint density at radius 1 is 1.36 bits per heavy atom. The average Bonchev–Trinajstić information content (AvgIpc) is 2.88. The van der Waals surface area contributed by atoms with Gasteiger partial charge in [-0.3, -0.25) is 9.36 Å². The molecule has 1 unspecified atom stereocenters. The van der Waals surface area contributed by atoms with Gasteiger partial charge in [-0.15, -0.1) is 0 Å². The SMILES string of the molecule is CN1CCN(c2nc3c(=O)[nH]cnc3n2CC(O)CO)CC1. The molecule has 3 N–H and O–H groups in total. The highest BCUT2D eigenvalue weighted by Gasteiger charge is 2.23. The molecule has 1 aliphatic rings. The standard InChI is InChI=1S/C13H20N6O3/c1-17-2-4-18(5-3-17)13-16-10-11(14-8-15-12(10)22)19(13)6-9(21)7-20/h8-9,20-21H,2-7H2,1H3,(H,14,15,22). The number of aliphatic hydroxyl groups excluding tert-OH is 2. The Balaban J connectivity index is 2.05. The number of aliphatic hydroxyl groups is 2. The fourth-order valence-corrected chi connectivity index (χ4v) is 2.62. The van der Waals surface area contributed by atoms with Gasteiger partial charge in [0.25, 0.3) is 5.56 Å². The second-order valence-corrected chi connectivity index (χ2v) is 5.55. The molecule has 1 fully saturated rings. The molecule has 9 nitrogen and oxygen atoms in total. The lowest BCUT2D eigenvalue weighted by Gasteiger charge is -2.33.